The lowest BCUT2D eigenvalue weighted by atomic mass is 10.1. The summed E-state index contributed by atoms with van der Waals surface area (Å²) < 4.78 is 15.5. The van der Waals surface area contributed by atoms with Gasteiger partial charge in [0.05, 0.1) is 12.1 Å². The Balaban J connectivity index is 1.90. The standard InChI is InChI=1S/C15H18FN3O/c1-18-9-12(11-3-2-4-13(16)15(11)18)14(20)10-19-7-5-17-6-8-19/h2-4,9,17H,5-8,10H2,1H3. The molecule has 0 bridgehead atoms. The van der Waals surface area contributed by atoms with E-state index in [1.807, 2.05) is 6.07 Å². The van der Waals surface area contributed by atoms with E-state index in [1.54, 1.807) is 23.9 Å². The SMILES string of the molecule is Cn1cc(C(=O)CN2CCNCC2)c2cccc(F)c21. The zero-order valence-electron chi connectivity index (χ0n) is 11.5. The van der Waals surface area contributed by atoms with Gasteiger partial charge in [-0.15, -0.1) is 0 Å². The summed E-state index contributed by atoms with van der Waals surface area (Å²) in [5, 5.41) is 3.96. The number of carbonyl (C=O) groups is 1. The number of rotatable bonds is 3. The Morgan fingerprint density at radius 3 is 2.85 bits per heavy atom. The Bertz CT molecular complexity index is 644. The summed E-state index contributed by atoms with van der Waals surface area (Å²) in [6.07, 6.45) is 1.73. The number of fused-ring (bicyclic) bond motifs is 1. The zero-order chi connectivity index (χ0) is 14.1. The number of ketones is 1. The summed E-state index contributed by atoms with van der Waals surface area (Å²) in [6.45, 7) is 3.99. The summed E-state index contributed by atoms with van der Waals surface area (Å²) in [4.78, 5) is 14.6. The normalized spacial score (nSPS) is 16.7. The Morgan fingerprint density at radius 2 is 2.10 bits per heavy atom. The quantitative estimate of drug-likeness (QED) is 0.861. The van der Waals surface area contributed by atoms with Crippen LogP contribution in [0.25, 0.3) is 10.9 Å². The molecule has 5 heteroatoms. The number of hydrogen-bond acceptors (Lipinski definition) is 3. The second kappa shape index (κ2) is 5.34. The molecule has 1 aromatic carbocycles. The van der Waals surface area contributed by atoms with Crippen molar-refractivity contribution >= 4 is 16.7 Å². The maximum Gasteiger partial charge on any atom is 0.178 e. The van der Waals surface area contributed by atoms with Gasteiger partial charge in [0.25, 0.3) is 0 Å². The molecule has 0 radical (unpaired) electrons. The van der Waals surface area contributed by atoms with E-state index in [2.05, 4.69) is 10.2 Å². The smallest absolute Gasteiger partial charge is 0.178 e. The molecule has 4 nitrogen and oxygen atoms in total. The van der Waals surface area contributed by atoms with Crippen molar-refractivity contribution in [2.75, 3.05) is 32.7 Å². The number of nitrogens with zero attached hydrogens (tertiary/aromatic N) is 2. The van der Waals surface area contributed by atoms with Crippen molar-refractivity contribution in [2.24, 2.45) is 7.05 Å². The van der Waals surface area contributed by atoms with Gasteiger partial charge in [-0.3, -0.25) is 9.69 Å². The van der Waals surface area contributed by atoms with Crippen molar-refractivity contribution < 1.29 is 9.18 Å². The summed E-state index contributed by atoms with van der Waals surface area (Å²) in [5.74, 6) is -0.227. The molecule has 0 aliphatic carbocycles. The fourth-order valence-electron chi connectivity index (χ4n) is 2.80. The van der Waals surface area contributed by atoms with Gasteiger partial charge in [0.15, 0.2) is 5.78 Å². The molecule has 0 spiro atoms. The van der Waals surface area contributed by atoms with Gasteiger partial charge in [-0.05, 0) is 6.07 Å². The molecule has 1 aromatic heterocycles. The number of para-hydroxylation sites is 1. The lowest BCUT2D eigenvalue weighted by Crippen LogP contribution is -2.45. The monoisotopic (exact) mass is 275 g/mol. The third-order valence-corrected chi connectivity index (χ3v) is 3.83. The van der Waals surface area contributed by atoms with E-state index in [0.29, 0.717) is 23.0 Å². The van der Waals surface area contributed by atoms with Crippen molar-refractivity contribution in [1.29, 1.82) is 0 Å². The molecule has 0 unspecified atom stereocenters. The molecular weight excluding hydrogens is 257 g/mol. The second-order valence-corrected chi connectivity index (χ2v) is 5.24. The van der Waals surface area contributed by atoms with Crippen LogP contribution in [0.2, 0.25) is 0 Å². The molecule has 0 saturated carbocycles. The van der Waals surface area contributed by atoms with Gasteiger partial charge in [0.2, 0.25) is 0 Å². The van der Waals surface area contributed by atoms with Crippen LogP contribution >= 0.6 is 0 Å². The van der Waals surface area contributed by atoms with Crippen LogP contribution in [0.15, 0.2) is 24.4 Å². The molecule has 1 aliphatic heterocycles. The summed E-state index contributed by atoms with van der Waals surface area (Å²) in [6, 6.07) is 4.88. The molecule has 2 heterocycles. The molecule has 2 aromatic rings. The molecule has 1 fully saturated rings. The van der Waals surface area contributed by atoms with Crippen molar-refractivity contribution in [2.45, 2.75) is 0 Å². The van der Waals surface area contributed by atoms with E-state index < -0.39 is 0 Å². The van der Waals surface area contributed by atoms with Crippen molar-refractivity contribution in [3.05, 3.63) is 35.8 Å². The van der Waals surface area contributed by atoms with E-state index >= 15 is 0 Å². The number of halogens is 1. The van der Waals surface area contributed by atoms with Gasteiger partial charge >= 0.3 is 0 Å². The topological polar surface area (TPSA) is 37.3 Å². The minimum atomic E-state index is -0.286. The lowest BCUT2D eigenvalue weighted by molar-refractivity contribution is 0.0923. The highest BCUT2D eigenvalue weighted by atomic mass is 19.1. The highest BCUT2D eigenvalue weighted by Crippen LogP contribution is 2.23. The average Bonchev–Trinajstić information content (AvgIpc) is 2.79. The van der Waals surface area contributed by atoms with Crippen LogP contribution in [0.5, 0.6) is 0 Å². The first-order valence-electron chi connectivity index (χ1n) is 6.86. The molecule has 1 aliphatic rings. The lowest BCUT2D eigenvalue weighted by Gasteiger charge is -2.26. The highest BCUT2D eigenvalue weighted by Gasteiger charge is 2.19. The van der Waals surface area contributed by atoms with Gasteiger partial charge in [0.1, 0.15) is 5.82 Å². The zero-order valence-corrected chi connectivity index (χ0v) is 11.5. The minimum absolute atomic E-state index is 0.0584. The molecule has 0 amide bonds. The van der Waals surface area contributed by atoms with E-state index in [1.165, 1.54) is 6.07 Å². The number of carbonyl (C=O) groups excluding carboxylic acids is 1. The van der Waals surface area contributed by atoms with Gasteiger partial charge in [-0.1, -0.05) is 12.1 Å². The maximum atomic E-state index is 13.8. The van der Waals surface area contributed by atoms with Crippen molar-refractivity contribution in [1.82, 2.24) is 14.8 Å². The fraction of sp³-hybridized carbons (Fsp3) is 0.400. The molecule has 0 atom stereocenters. The average molecular weight is 275 g/mol. The Labute approximate surface area is 117 Å². The minimum Gasteiger partial charge on any atom is -0.347 e. The molecule has 1 N–H and O–H groups in total. The molecule has 1 saturated heterocycles. The fourth-order valence-corrected chi connectivity index (χ4v) is 2.80. The number of aryl methyl sites for hydroxylation is 1. The maximum absolute atomic E-state index is 13.8. The number of piperazine rings is 1. The van der Waals surface area contributed by atoms with Crippen LogP contribution < -0.4 is 5.32 Å². The number of aromatic nitrogens is 1. The van der Waals surface area contributed by atoms with E-state index in [9.17, 15) is 9.18 Å². The summed E-state index contributed by atoms with van der Waals surface area (Å²) in [7, 11) is 1.77. The van der Waals surface area contributed by atoms with E-state index in [4.69, 9.17) is 0 Å². The van der Waals surface area contributed by atoms with Gasteiger partial charge in [-0.25, -0.2) is 4.39 Å². The van der Waals surface area contributed by atoms with Crippen LogP contribution in [0.4, 0.5) is 4.39 Å². The second-order valence-electron chi connectivity index (χ2n) is 5.24. The predicted octanol–water partition coefficient (Wildman–Crippen LogP) is 1.41. The van der Waals surface area contributed by atoms with Gasteiger partial charge in [0, 0.05) is 50.4 Å². The number of Topliss-reactive ketones (excluding diaryl/α,β-unsaturated/α-hetero) is 1. The number of nitrogens with one attached hydrogen (secondary N) is 1. The van der Waals surface area contributed by atoms with Crippen molar-refractivity contribution in [3.8, 4) is 0 Å². The first kappa shape index (κ1) is 13.3. The van der Waals surface area contributed by atoms with Crippen LogP contribution in [0.1, 0.15) is 10.4 Å². The van der Waals surface area contributed by atoms with Gasteiger partial charge < -0.3 is 9.88 Å². The van der Waals surface area contributed by atoms with Crippen molar-refractivity contribution in [3.63, 3.8) is 0 Å². The first-order chi connectivity index (χ1) is 9.66. The highest BCUT2D eigenvalue weighted by molar-refractivity contribution is 6.09. The summed E-state index contributed by atoms with van der Waals surface area (Å²) >= 11 is 0. The molecule has 20 heavy (non-hydrogen) atoms. The predicted molar refractivity (Wildman–Crippen MR) is 76.5 cm³/mol. The Hall–Kier alpha value is -1.72. The van der Waals surface area contributed by atoms with Crippen LogP contribution in [-0.4, -0.2) is 48.0 Å². The third kappa shape index (κ3) is 2.34. The van der Waals surface area contributed by atoms with E-state index in [-0.39, 0.29) is 11.6 Å². The van der Waals surface area contributed by atoms with E-state index in [0.717, 1.165) is 26.2 Å². The molecular formula is C15H18FN3O. The number of benzene rings is 1. The molecule has 106 valence electrons. The van der Waals surface area contributed by atoms with Gasteiger partial charge in [-0.2, -0.15) is 0 Å². The molecule has 3 rings (SSSR count). The van der Waals surface area contributed by atoms with Crippen LogP contribution in [0.3, 0.4) is 0 Å². The summed E-state index contributed by atoms with van der Waals surface area (Å²) in [5.41, 5.74) is 1.11. The van der Waals surface area contributed by atoms with Crippen LogP contribution in [0, 0.1) is 5.82 Å². The number of hydrogen-bond donors (Lipinski definition) is 1. The van der Waals surface area contributed by atoms with Crippen LogP contribution in [-0.2, 0) is 7.05 Å². The Morgan fingerprint density at radius 1 is 1.35 bits per heavy atom. The third-order valence-electron chi connectivity index (χ3n) is 3.83. The Kier molecular flexibility index (Phi) is 3.54. The first-order valence-corrected chi connectivity index (χ1v) is 6.86. The largest absolute Gasteiger partial charge is 0.347 e.